The summed E-state index contributed by atoms with van der Waals surface area (Å²) in [5.74, 6) is -0.0835. The molecule has 0 bridgehead atoms. The predicted octanol–water partition coefficient (Wildman–Crippen LogP) is 2.45. The fraction of sp³-hybridized carbons (Fsp3) is 0.312. The van der Waals surface area contributed by atoms with Gasteiger partial charge in [-0.05, 0) is 37.1 Å². The van der Waals surface area contributed by atoms with E-state index in [9.17, 15) is 12.8 Å². The minimum absolute atomic E-state index is 0.207. The number of nitrogens with zero attached hydrogens (tertiary/aromatic N) is 2. The number of benzene rings is 1. The van der Waals surface area contributed by atoms with Crippen LogP contribution in [0, 0.1) is 5.82 Å². The Labute approximate surface area is 134 Å². The van der Waals surface area contributed by atoms with Crippen molar-refractivity contribution in [2.75, 3.05) is 13.1 Å². The monoisotopic (exact) mass is 336 g/mol. The first-order chi connectivity index (χ1) is 11.1. The Morgan fingerprint density at radius 3 is 2.65 bits per heavy atom. The topological polar surface area (TPSA) is 59.5 Å². The molecule has 0 saturated carbocycles. The van der Waals surface area contributed by atoms with Gasteiger partial charge in [-0.3, -0.25) is 4.98 Å². The van der Waals surface area contributed by atoms with Crippen LogP contribution in [0.1, 0.15) is 12.8 Å². The van der Waals surface area contributed by atoms with Gasteiger partial charge in [0.2, 0.25) is 10.0 Å². The quantitative estimate of drug-likeness (QED) is 0.860. The summed E-state index contributed by atoms with van der Waals surface area (Å²) >= 11 is 0. The summed E-state index contributed by atoms with van der Waals surface area (Å²) in [5.41, 5.74) is 0. The highest BCUT2D eigenvalue weighted by atomic mass is 32.2. The summed E-state index contributed by atoms with van der Waals surface area (Å²) in [7, 11) is -3.85. The SMILES string of the molecule is O=S(=O)(c1ccccc1F)N1CCCC(Oc2ccncc2)C1. The van der Waals surface area contributed by atoms with Crippen molar-refractivity contribution >= 4 is 10.0 Å². The number of hydrogen-bond donors (Lipinski definition) is 0. The second kappa shape index (κ2) is 6.64. The molecule has 0 aliphatic carbocycles. The predicted molar refractivity (Wildman–Crippen MR) is 83.0 cm³/mol. The molecule has 1 aromatic heterocycles. The van der Waals surface area contributed by atoms with Crippen molar-refractivity contribution < 1.29 is 17.5 Å². The molecule has 1 aromatic carbocycles. The third-order valence-corrected chi connectivity index (χ3v) is 5.65. The summed E-state index contributed by atoms with van der Waals surface area (Å²) < 4.78 is 46.2. The molecule has 1 aliphatic heterocycles. The number of aromatic nitrogens is 1. The highest BCUT2D eigenvalue weighted by molar-refractivity contribution is 7.89. The molecule has 0 radical (unpaired) electrons. The van der Waals surface area contributed by atoms with Crippen LogP contribution in [0.25, 0.3) is 0 Å². The molecule has 1 aliphatic rings. The molecule has 3 rings (SSSR count). The van der Waals surface area contributed by atoms with Crippen molar-refractivity contribution in [3.05, 3.63) is 54.6 Å². The maximum atomic E-state index is 13.8. The first kappa shape index (κ1) is 15.9. The lowest BCUT2D eigenvalue weighted by Crippen LogP contribution is -2.44. The molecule has 1 atom stereocenters. The van der Waals surface area contributed by atoms with Crippen molar-refractivity contribution in [2.45, 2.75) is 23.8 Å². The molecule has 1 saturated heterocycles. The van der Waals surface area contributed by atoms with Gasteiger partial charge in [-0.1, -0.05) is 12.1 Å². The summed E-state index contributed by atoms with van der Waals surface area (Å²) in [6.45, 7) is 0.575. The van der Waals surface area contributed by atoms with Crippen molar-refractivity contribution in [3.8, 4) is 5.75 Å². The third-order valence-electron chi connectivity index (χ3n) is 3.75. The van der Waals surface area contributed by atoms with Gasteiger partial charge < -0.3 is 4.74 Å². The van der Waals surface area contributed by atoms with Gasteiger partial charge in [0, 0.05) is 18.9 Å². The highest BCUT2D eigenvalue weighted by Gasteiger charge is 2.32. The number of pyridine rings is 1. The Kier molecular flexibility index (Phi) is 4.58. The summed E-state index contributed by atoms with van der Waals surface area (Å²) in [4.78, 5) is 3.63. The van der Waals surface area contributed by atoms with E-state index in [1.165, 1.54) is 22.5 Å². The fourth-order valence-corrected chi connectivity index (χ4v) is 4.20. The second-order valence-electron chi connectivity index (χ2n) is 5.36. The minimum atomic E-state index is -3.85. The zero-order chi connectivity index (χ0) is 16.3. The normalized spacial score (nSPS) is 19.4. The average molecular weight is 336 g/mol. The van der Waals surface area contributed by atoms with Gasteiger partial charge in [-0.15, -0.1) is 0 Å². The van der Waals surface area contributed by atoms with Gasteiger partial charge >= 0.3 is 0 Å². The summed E-state index contributed by atoms with van der Waals surface area (Å²) in [5, 5.41) is 0. The van der Waals surface area contributed by atoms with Gasteiger partial charge in [0.25, 0.3) is 0 Å². The van der Waals surface area contributed by atoms with Gasteiger partial charge in [-0.2, -0.15) is 4.31 Å². The fourth-order valence-electron chi connectivity index (χ4n) is 2.62. The number of sulfonamides is 1. The van der Waals surface area contributed by atoms with Crippen molar-refractivity contribution in [3.63, 3.8) is 0 Å². The van der Waals surface area contributed by atoms with Crippen LogP contribution in [0.2, 0.25) is 0 Å². The third kappa shape index (κ3) is 3.51. The van der Waals surface area contributed by atoms with E-state index < -0.39 is 15.8 Å². The van der Waals surface area contributed by atoms with Crippen LogP contribution in [0.5, 0.6) is 5.75 Å². The lowest BCUT2D eigenvalue weighted by Gasteiger charge is -2.32. The van der Waals surface area contributed by atoms with E-state index in [0.717, 1.165) is 12.5 Å². The Morgan fingerprint density at radius 1 is 1.17 bits per heavy atom. The van der Waals surface area contributed by atoms with Crippen LogP contribution in [0.4, 0.5) is 4.39 Å². The average Bonchev–Trinajstić information content (AvgIpc) is 2.56. The van der Waals surface area contributed by atoms with E-state index in [-0.39, 0.29) is 17.5 Å². The molecule has 1 fully saturated rings. The zero-order valence-corrected chi connectivity index (χ0v) is 13.2. The van der Waals surface area contributed by atoms with E-state index in [1.54, 1.807) is 24.5 Å². The van der Waals surface area contributed by atoms with Gasteiger partial charge in [0.05, 0.1) is 6.54 Å². The molecule has 7 heteroatoms. The molecule has 0 amide bonds. The lowest BCUT2D eigenvalue weighted by atomic mass is 10.1. The number of hydrogen-bond acceptors (Lipinski definition) is 4. The number of piperidine rings is 1. The van der Waals surface area contributed by atoms with Gasteiger partial charge in [-0.25, -0.2) is 12.8 Å². The maximum absolute atomic E-state index is 13.8. The van der Waals surface area contributed by atoms with E-state index in [1.807, 2.05) is 0 Å². The van der Waals surface area contributed by atoms with Crippen molar-refractivity contribution in [1.29, 1.82) is 0 Å². The number of rotatable bonds is 4. The maximum Gasteiger partial charge on any atom is 0.246 e. The Bertz CT molecular complexity index is 768. The van der Waals surface area contributed by atoms with Crippen LogP contribution in [0.3, 0.4) is 0 Å². The Balaban J connectivity index is 1.77. The first-order valence-corrected chi connectivity index (χ1v) is 8.83. The van der Waals surface area contributed by atoms with Crippen molar-refractivity contribution in [2.24, 2.45) is 0 Å². The Hall–Kier alpha value is -1.99. The molecule has 122 valence electrons. The van der Waals surface area contributed by atoms with E-state index in [0.29, 0.717) is 18.7 Å². The van der Waals surface area contributed by atoms with Crippen LogP contribution < -0.4 is 4.74 Å². The molecule has 2 aromatic rings. The van der Waals surface area contributed by atoms with Gasteiger partial charge in [0.15, 0.2) is 0 Å². The molecule has 0 N–H and O–H groups in total. The molecular weight excluding hydrogens is 319 g/mol. The lowest BCUT2D eigenvalue weighted by molar-refractivity contribution is 0.129. The molecular formula is C16H17FN2O3S. The van der Waals surface area contributed by atoms with Crippen LogP contribution in [0.15, 0.2) is 53.7 Å². The molecule has 1 unspecified atom stereocenters. The summed E-state index contributed by atoms with van der Waals surface area (Å²) in [6, 6.07) is 8.89. The number of ether oxygens (including phenoxy) is 1. The van der Waals surface area contributed by atoms with E-state index >= 15 is 0 Å². The second-order valence-corrected chi connectivity index (χ2v) is 7.26. The molecule has 23 heavy (non-hydrogen) atoms. The molecule has 0 spiro atoms. The largest absolute Gasteiger partial charge is 0.489 e. The highest BCUT2D eigenvalue weighted by Crippen LogP contribution is 2.24. The molecule has 2 heterocycles. The molecule has 5 nitrogen and oxygen atoms in total. The smallest absolute Gasteiger partial charge is 0.246 e. The van der Waals surface area contributed by atoms with Gasteiger partial charge in [0.1, 0.15) is 22.6 Å². The Morgan fingerprint density at radius 2 is 1.91 bits per heavy atom. The van der Waals surface area contributed by atoms with E-state index in [2.05, 4.69) is 4.98 Å². The van der Waals surface area contributed by atoms with Crippen LogP contribution in [-0.4, -0.2) is 36.9 Å². The summed E-state index contributed by atoms with van der Waals surface area (Å²) in [6.07, 6.45) is 4.40. The van der Waals surface area contributed by atoms with Crippen LogP contribution in [-0.2, 0) is 10.0 Å². The zero-order valence-electron chi connectivity index (χ0n) is 12.4. The first-order valence-electron chi connectivity index (χ1n) is 7.39. The number of halogens is 1. The minimum Gasteiger partial charge on any atom is -0.489 e. The van der Waals surface area contributed by atoms with E-state index in [4.69, 9.17) is 4.74 Å². The van der Waals surface area contributed by atoms with Crippen molar-refractivity contribution in [1.82, 2.24) is 9.29 Å². The van der Waals surface area contributed by atoms with Crippen LogP contribution >= 0.6 is 0 Å². The standard InChI is InChI=1S/C16H17FN2O3S/c17-15-5-1-2-6-16(15)23(20,21)19-11-3-4-14(12-19)22-13-7-9-18-10-8-13/h1-2,5-10,14H,3-4,11-12H2.